The van der Waals surface area contributed by atoms with Gasteiger partial charge in [0.15, 0.2) is 0 Å². The number of imidazole rings is 1. The number of halogens is 2. The SMILES string of the molecule is Cn1c(Cl)cnc1CS(=O)c1ccc(F)cc1. The van der Waals surface area contributed by atoms with E-state index in [2.05, 4.69) is 4.98 Å². The first kappa shape index (κ1) is 12.3. The Bertz CT molecular complexity index is 553. The Hall–Kier alpha value is -1.20. The van der Waals surface area contributed by atoms with Crippen molar-refractivity contribution in [3.63, 3.8) is 0 Å². The summed E-state index contributed by atoms with van der Waals surface area (Å²) < 4.78 is 26.4. The minimum atomic E-state index is -1.25. The van der Waals surface area contributed by atoms with Crippen molar-refractivity contribution in [2.45, 2.75) is 10.6 Å². The Morgan fingerprint density at radius 3 is 2.59 bits per heavy atom. The second-order valence-electron chi connectivity index (χ2n) is 3.50. The molecule has 0 amide bonds. The highest BCUT2D eigenvalue weighted by Crippen LogP contribution is 2.15. The van der Waals surface area contributed by atoms with Gasteiger partial charge in [0.1, 0.15) is 16.8 Å². The van der Waals surface area contributed by atoms with Crippen LogP contribution in [-0.2, 0) is 23.6 Å². The fourth-order valence-electron chi connectivity index (χ4n) is 1.35. The summed E-state index contributed by atoms with van der Waals surface area (Å²) in [5, 5.41) is 0.496. The molecule has 6 heteroatoms. The molecule has 0 fully saturated rings. The maximum Gasteiger partial charge on any atom is 0.128 e. The molecule has 0 aliphatic heterocycles. The zero-order chi connectivity index (χ0) is 12.4. The van der Waals surface area contributed by atoms with Crippen LogP contribution < -0.4 is 0 Å². The highest BCUT2D eigenvalue weighted by molar-refractivity contribution is 7.84. The standard InChI is InChI=1S/C11H10ClFN2OS/c1-15-10(12)6-14-11(15)7-17(16)9-4-2-8(13)3-5-9/h2-6H,7H2,1H3. The van der Waals surface area contributed by atoms with E-state index in [4.69, 9.17) is 11.6 Å². The summed E-state index contributed by atoms with van der Waals surface area (Å²) in [6.07, 6.45) is 1.51. The molecule has 0 saturated carbocycles. The minimum Gasteiger partial charge on any atom is -0.321 e. The van der Waals surface area contributed by atoms with Crippen molar-refractivity contribution >= 4 is 22.4 Å². The van der Waals surface area contributed by atoms with Gasteiger partial charge in [0, 0.05) is 11.9 Å². The zero-order valence-electron chi connectivity index (χ0n) is 9.06. The lowest BCUT2D eigenvalue weighted by molar-refractivity contribution is 0.626. The molecule has 1 atom stereocenters. The molecule has 1 unspecified atom stereocenters. The van der Waals surface area contributed by atoms with Crippen molar-refractivity contribution in [2.24, 2.45) is 7.05 Å². The van der Waals surface area contributed by atoms with Gasteiger partial charge in [-0.1, -0.05) is 11.6 Å². The van der Waals surface area contributed by atoms with E-state index >= 15 is 0 Å². The molecule has 0 radical (unpaired) electrons. The van der Waals surface area contributed by atoms with Crippen LogP contribution >= 0.6 is 11.6 Å². The molecular formula is C11H10ClFN2OS. The molecule has 2 aromatic rings. The molecule has 90 valence electrons. The minimum absolute atomic E-state index is 0.259. The summed E-state index contributed by atoms with van der Waals surface area (Å²) in [6, 6.07) is 5.60. The molecule has 3 nitrogen and oxygen atoms in total. The van der Waals surface area contributed by atoms with Gasteiger partial charge in [-0.05, 0) is 24.3 Å². The van der Waals surface area contributed by atoms with E-state index in [1.807, 2.05) is 0 Å². The largest absolute Gasteiger partial charge is 0.321 e. The fourth-order valence-corrected chi connectivity index (χ4v) is 2.60. The highest BCUT2D eigenvalue weighted by Gasteiger charge is 2.10. The van der Waals surface area contributed by atoms with Crippen molar-refractivity contribution < 1.29 is 8.60 Å². The third-order valence-corrected chi connectivity index (χ3v) is 4.03. The maximum absolute atomic E-state index is 12.7. The van der Waals surface area contributed by atoms with Crippen molar-refractivity contribution in [2.75, 3.05) is 0 Å². The summed E-state index contributed by atoms with van der Waals surface area (Å²) in [4.78, 5) is 4.64. The van der Waals surface area contributed by atoms with Crippen molar-refractivity contribution in [3.05, 3.63) is 47.3 Å². The quantitative estimate of drug-likeness (QED) is 0.861. The second kappa shape index (κ2) is 4.98. The fraction of sp³-hybridized carbons (Fsp3) is 0.182. The highest BCUT2D eigenvalue weighted by atomic mass is 35.5. The van der Waals surface area contributed by atoms with E-state index in [0.717, 1.165) is 0 Å². The molecule has 1 heterocycles. The summed E-state index contributed by atoms with van der Waals surface area (Å²) in [5.74, 6) is 0.554. The number of nitrogens with zero attached hydrogens (tertiary/aromatic N) is 2. The van der Waals surface area contributed by atoms with Gasteiger partial charge >= 0.3 is 0 Å². The van der Waals surface area contributed by atoms with Crippen LogP contribution in [0, 0.1) is 5.82 Å². The molecule has 17 heavy (non-hydrogen) atoms. The van der Waals surface area contributed by atoms with Crippen LogP contribution in [0.5, 0.6) is 0 Å². The maximum atomic E-state index is 12.7. The Morgan fingerprint density at radius 1 is 1.41 bits per heavy atom. The number of aromatic nitrogens is 2. The van der Waals surface area contributed by atoms with E-state index < -0.39 is 10.8 Å². The van der Waals surface area contributed by atoms with Crippen LogP contribution in [0.15, 0.2) is 35.4 Å². The molecule has 1 aromatic heterocycles. The van der Waals surface area contributed by atoms with Gasteiger partial charge in [0.2, 0.25) is 0 Å². The molecule has 0 saturated heterocycles. The smallest absolute Gasteiger partial charge is 0.128 e. The van der Waals surface area contributed by atoms with Gasteiger partial charge in [-0.25, -0.2) is 9.37 Å². The van der Waals surface area contributed by atoms with E-state index in [9.17, 15) is 8.60 Å². The molecule has 0 bridgehead atoms. The van der Waals surface area contributed by atoms with Crippen molar-refractivity contribution in [3.8, 4) is 0 Å². The normalized spacial score (nSPS) is 12.6. The monoisotopic (exact) mass is 272 g/mol. The lowest BCUT2D eigenvalue weighted by atomic mass is 10.4. The van der Waals surface area contributed by atoms with Crippen LogP contribution in [0.2, 0.25) is 5.15 Å². The summed E-state index contributed by atoms with van der Waals surface area (Å²) >= 11 is 5.83. The predicted octanol–water partition coefficient (Wildman–Crippen LogP) is 2.52. The average molecular weight is 273 g/mol. The number of hydrogen-bond donors (Lipinski definition) is 0. The van der Waals surface area contributed by atoms with Gasteiger partial charge in [-0.3, -0.25) is 4.21 Å². The van der Waals surface area contributed by atoms with Gasteiger partial charge in [-0.2, -0.15) is 0 Å². The first-order valence-corrected chi connectivity index (χ1v) is 6.57. The van der Waals surface area contributed by atoms with Crippen LogP contribution in [0.4, 0.5) is 4.39 Å². The van der Waals surface area contributed by atoms with Crippen LogP contribution in [0.1, 0.15) is 5.82 Å². The molecule has 1 aromatic carbocycles. The average Bonchev–Trinajstić information content (AvgIpc) is 2.62. The number of rotatable bonds is 3. The molecule has 0 aliphatic rings. The Balaban J connectivity index is 2.17. The second-order valence-corrected chi connectivity index (χ2v) is 5.34. The topological polar surface area (TPSA) is 34.9 Å². The van der Waals surface area contributed by atoms with E-state index in [1.165, 1.54) is 30.5 Å². The van der Waals surface area contributed by atoms with Crippen molar-refractivity contribution in [1.29, 1.82) is 0 Å². The third-order valence-electron chi connectivity index (χ3n) is 2.36. The van der Waals surface area contributed by atoms with Crippen LogP contribution in [0.25, 0.3) is 0 Å². The molecular weight excluding hydrogens is 263 g/mol. The van der Waals surface area contributed by atoms with E-state index in [0.29, 0.717) is 15.9 Å². The lowest BCUT2D eigenvalue weighted by Gasteiger charge is -2.03. The molecule has 0 spiro atoms. The molecule has 0 aliphatic carbocycles. The zero-order valence-corrected chi connectivity index (χ0v) is 10.6. The van der Waals surface area contributed by atoms with Gasteiger partial charge in [-0.15, -0.1) is 0 Å². The van der Waals surface area contributed by atoms with Gasteiger partial charge in [0.05, 0.1) is 22.7 Å². The predicted molar refractivity (Wildman–Crippen MR) is 64.7 cm³/mol. The Labute approximate surface area is 106 Å². The first-order valence-electron chi connectivity index (χ1n) is 4.88. The van der Waals surface area contributed by atoms with E-state index in [1.54, 1.807) is 11.6 Å². The van der Waals surface area contributed by atoms with Crippen LogP contribution in [0.3, 0.4) is 0 Å². The summed E-state index contributed by atoms with van der Waals surface area (Å²) in [7, 11) is 0.508. The van der Waals surface area contributed by atoms with Crippen molar-refractivity contribution in [1.82, 2.24) is 9.55 Å². The summed E-state index contributed by atoms with van der Waals surface area (Å²) in [5.41, 5.74) is 0. The van der Waals surface area contributed by atoms with Gasteiger partial charge in [0.25, 0.3) is 0 Å². The Morgan fingerprint density at radius 2 is 2.06 bits per heavy atom. The number of benzene rings is 1. The molecule has 2 rings (SSSR count). The summed E-state index contributed by atoms with van der Waals surface area (Å²) in [6.45, 7) is 0. The molecule has 0 N–H and O–H groups in total. The van der Waals surface area contributed by atoms with Crippen LogP contribution in [-0.4, -0.2) is 13.8 Å². The number of hydrogen-bond acceptors (Lipinski definition) is 2. The lowest BCUT2D eigenvalue weighted by Crippen LogP contribution is -2.03. The Kier molecular flexibility index (Phi) is 3.59. The third kappa shape index (κ3) is 2.73. The van der Waals surface area contributed by atoms with E-state index in [-0.39, 0.29) is 11.6 Å². The first-order chi connectivity index (χ1) is 8.08. The van der Waals surface area contributed by atoms with Gasteiger partial charge < -0.3 is 4.57 Å².